The number of nitrogens with zero attached hydrogens (tertiary/aromatic N) is 4. The predicted molar refractivity (Wildman–Crippen MR) is 102 cm³/mol. The number of guanidine groups is 1. The van der Waals surface area contributed by atoms with E-state index in [1.54, 1.807) is 7.11 Å². The second-order valence-electron chi connectivity index (χ2n) is 6.65. The van der Waals surface area contributed by atoms with Gasteiger partial charge in [0, 0.05) is 38.2 Å². The fraction of sp³-hybridized carbons (Fsp3) is 0.526. The van der Waals surface area contributed by atoms with E-state index >= 15 is 0 Å². The van der Waals surface area contributed by atoms with E-state index in [1.165, 1.54) is 18.2 Å². The number of hydrogen-bond donors (Lipinski definition) is 2. The summed E-state index contributed by atoms with van der Waals surface area (Å²) in [5, 5.41) is 11.0. The van der Waals surface area contributed by atoms with E-state index in [4.69, 9.17) is 4.74 Å². The van der Waals surface area contributed by atoms with Gasteiger partial charge in [0.1, 0.15) is 24.1 Å². The molecule has 0 amide bonds. The van der Waals surface area contributed by atoms with Crippen LogP contribution in [-0.2, 0) is 30.7 Å². The molecule has 7 nitrogen and oxygen atoms in total. The van der Waals surface area contributed by atoms with Crippen LogP contribution in [0.15, 0.2) is 23.2 Å². The summed E-state index contributed by atoms with van der Waals surface area (Å²) in [6.07, 6.45) is 1.92. The molecule has 0 saturated heterocycles. The van der Waals surface area contributed by atoms with Crippen molar-refractivity contribution in [3.63, 3.8) is 0 Å². The number of methoxy groups -OCH3 is 1. The fourth-order valence-electron chi connectivity index (χ4n) is 3.23. The first kappa shape index (κ1) is 20.2. The van der Waals surface area contributed by atoms with Crippen LogP contribution in [0.1, 0.15) is 30.6 Å². The van der Waals surface area contributed by atoms with E-state index in [0.29, 0.717) is 31.5 Å². The zero-order chi connectivity index (χ0) is 19.9. The Bertz CT molecular complexity index is 803. The van der Waals surface area contributed by atoms with Crippen molar-refractivity contribution in [2.75, 3.05) is 20.2 Å². The minimum Gasteiger partial charge on any atom is -0.377 e. The third kappa shape index (κ3) is 5.03. The highest BCUT2D eigenvalue weighted by atomic mass is 19.1. The standard InChI is InChI=1S/C19H26F2N6O/c1-3-22-19(23-10-9-14-15(20)5-4-6-16(14)21)24-13-7-8-18-25-17(12-28-2)26-27(18)11-13/h4-6,13H,3,7-12H2,1-2H3,(H2,22,23,24). The summed E-state index contributed by atoms with van der Waals surface area (Å²) in [7, 11) is 1.62. The van der Waals surface area contributed by atoms with Crippen LogP contribution >= 0.6 is 0 Å². The maximum atomic E-state index is 13.7. The van der Waals surface area contributed by atoms with Crippen LogP contribution in [0.25, 0.3) is 0 Å². The molecular weight excluding hydrogens is 366 g/mol. The maximum absolute atomic E-state index is 13.7. The lowest BCUT2D eigenvalue weighted by Gasteiger charge is -2.25. The second-order valence-corrected chi connectivity index (χ2v) is 6.65. The van der Waals surface area contributed by atoms with Gasteiger partial charge >= 0.3 is 0 Å². The number of aryl methyl sites for hydroxylation is 1. The van der Waals surface area contributed by atoms with Crippen molar-refractivity contribution in [3.05, 3.63) is 47.0 Å². The fourth-order valence-corrected chi connectivity index (χ4v) is 3.23. The molecule has 0 saturated carbocycles. The highest BCUT2D eigenvalue weighted by molar-refractivity contribution is 5.80. The molecule has 1 aromatic carbocycles. The lowest BCUT2D eigenvalue weighted by Crippen LogP contribution is -2.47. The molecule has 1 aromatic heterocycles. The smallest absolute Gasteiger partial charge is 0.191 e. The summed E-state index contributed by atoms with van der Waals surface area (Å²) in [5.74, 6) is 1.20. The lowest BCUT2D eigenvalue weighted by molar-refractivity contribution is 0.177. The van der Waals surface area contributed by atoms with Crippen molar-refractivity contribution < 1.29 is 13.5 Å². The van der Waals surface area contributed by atoms with Crippen LogP contribution in [-0.4, -0.2) is 47.0 Å². The van der Waals surface area contributed by atoms with Gasteiger partial charge in [0.05, 0.1) is 6.54 Å². The van der Waals surface area contributed by atoms with Gasteiger partial charge < -0.3 is 15.4 Å². The average Bonchev–Trinajstić information content (AvgIpc) is 3.06. The predicted octanol–water partition coefficient (Wildman–Crippen LogP) is 1.82. The summed E-state index contributed by atoms with van der Waals surface area (Å²) < 4.78 is 34.5. The van der Waals surface area contributed by atoms with Gasteiger partial charge in [-0.2, -0.15) is 5.10 Å². The molecule has 0 fully saturated rings. The molecule has 2 N–H and O–H groups in total. The number of nitrogens with one attached hydrogen (secondary N) is 2. The molecule has 2 aromatic rings. The Kier molecular flexibility index (Phi) is 6.91. The average molecular weight is 392 g/mol. The highest BCUT2D eigenvalue weighted by Gasteiger charge is 2.22. The molecule has 152 valence electrons. The van der Waals surface area contributed by atoms with Crippen molar-refractivity contribution in [3.8, 4) is 0 Å². The summed E-state index contributed by atoms with van der Waals surface area (Å²) in [5.41, 5.74) is 0.0673. The Morgan fingerprint density at radius 3 is 2.86 bits per heavy atom. The van der Waals surface area contributed by atoms with Crippen molar-refractivity contribution >= 4 is 5.96 Å². The Hall–Kier alpha value is -2.55. The minimum atomic E-state index is -0.536. The van der Waals surface area contributed by atoms with E-state index in [9.17, 15) is 8.78 Å². The van der Waals surface area contributed by atoms with Crippen molar-refractivity contribution in [1.29, 1.82) is 0 Å². The zero-order valence-corrected chi connectivity index (χ0v) is 16.2. The normalized spacial score (nSPS) is 16.7. The van der Waals surface area contributed by atoms with Gasteiger partial charge in [-0.1, -0.05) is 6.07 Å². The molecule has 0 radical (unpaired) electrons. The Morgan fingerprint density at radius 2 is 2.14 bits per heavy atom. The SMILES string of the molecule is CCNC(=NCCc1c(F)cccc1F)NC1CCc2nc(COC)nn2C1. The largest absolute Gasteiger partial charge is 0.377 e. The van der Waals surface area contributed by atoms with E-state index in [0.717, 1.165) is 18.7 Å². The van der Waals surface area contributed by atoms with Gasteiger partial charge in [-0.15, -0.1) is 0 Å². The van der Waals surface area contributed by atoms with E-state index in [1.807, 2.05) is 11.6 Å². The number of rotatable bonds is 7. The van der Waals surface area contributed by atoms with Gasteiger partial charge in [-0.3, -0.25) is 4.99 Å². The van der Waals surface area contributed by atoms with E-state index in [-0.39, 0.29) is 24.6 Å². The molecule has 9 heteroatoms. The van der Waals surface area contributed by atoms with E-state index in [2.05, 4.69) is 25.7 Å². The van der Waals surface area contributed by atoms with Crippen molar-refractivity contribution in [2.45, 2.75) is 45.4 Å². The summed E-state index contributed by atoms with van der Waals surface area (Å²) in [4.78, 5) is 8.94. The van der Waals surface area contributed by atoms with Crippen molar-refractivity contribution in [1.82, 2.24) is 25.4 Å². The van der Waals surface area contributed by atoms with Crippen LogP contribution in [0.3, 0.4) is 0 Å². The van der Waals surface area contributed by atoms with E-state index < -0.39 is 11.6 Å². The van der Waals surface area contributed by atoms with Crippen molar-refractivity contribution in [2.24, 2.45) is 4.99 Å². The van der Waals surface area contributed by atoms with Gasteiger partial charge in [0.15, 0.2) is 11.8 Å². The van der Waals surface area contributed by atoms with Crippen LogP contribution in [0.5, 0.6) is 0 Å². The first-order chi connectivity index (χ1) is 13.6. The molecular formula is C19H26F2N6O. The Morgan fingerprint density at radius 1 is 1.36 bits per heavy atom. The zero-order valence-electron chi connectivity index (χ0n) is 16.2. The number of aliphatic imine (C=N–C) groups is 1. The molecule has 2 heterocycles. The number of hydrogen-bond acceptors (Lipinski definition) is 4. The molecule has 1 atom stereocenters. The number of fused-ring (bicyclic) bond motifs is 1. The number of benzene rings is 1. The van der Waals surface area contributed by atoms with Crippen LogP contribution in [0.4, 0.5) is 8.78 Å². The highest BCUT2D eigenvalue weighted by Crippen LogP contribution is 2.14. The van der Waals surface area contributed by atoms with Gasteiger partial charge in [-0.25, -0.2) is 18.4 Å². The first-order valence-corrected chi connectivity index (χ1v) is 9.50. The topological polar surface area (TPSA) is 76.4 Å². The third-order valence-electron chi connectivity index (χ3n) is 4.55. The first-order valence-electron chi connectivity index (χ1n) is 9.50. The van der Waals surface area contributed by atoms with Gasteiger partial charge in [0.25, 0.3) is 0 Å². The second kappa shape index (κ2) is 9.59. The summed E-state index contributed by atoms with van der Waals surface area (Å²) in [6.45, 7) is 4.03. The molecule has 0 aliphatic carbocycles. The van der Waals surface area contributed by atoms with Gasteiger partial charge in [-0.05, 0) is 31.9 Å². The molecule has 1 aliphatic rings. The van der Waals surface area contributed by atoms with Crippen LogP contribution < -0.4 is 10.6 Å². The molecule has 0 bridgehead atoms. The maximum Gasteiger partial charge on any atom is 0.191 e. The summed E-state index contributed by atoms with van der Waals surface area (Å²) in [6, 6.07) is 4.04. The van der Waals surface area contributed by atoms with Crippen LogP contribution in [0, 0.1) is 11.6 Å². The lowest BCUT2D eigenvalue weighted by atomic mass is 10.1. The minimum absolute atomic E-state index is 0.0673. The monoisotopic (exact) mass is 392 g/mol. The van der Waals surface area contributed by atoms with Gasteiger partial charge in [0.2, 0.25) is 0 Å². The van der Waals surface area contributed by atoms with Crippen LogP contribution in [0.2, 0.25) is 0 Å². The summed E-state index contributed by atoms with van der Waals surface area (Å²) >= 11 is 0. The molecule has 0 spiro atoms. The Labute approximate surface area is 163 Å². The number of halogens is 2. The quantitative estimate of drug-likeness (QED) is 0.555. The third-order valence-corrected chi connectivity index (χ3v) is 4.55. The number of aromatic nitrogens is 3. The molecule has 3 rings (SSSR count). The molecule has 28 heavy (non-hydrogen) atoms. The number of ether oxygens (including phenoxy) is 1. The molecule has 1 unspecified atom stereocenters. The Balaban J connectivity index is 1.60. The molecule has 1 aliphatic heterocycles.